The Labute approximate surface area is 113 Å². The number of hydrogen-bond donors (Lipinski definition) is 2. The Bertz CT molecular complexity index is 351. The highest BCUT2D eigenvalue weighted by Crippen LogP contribution is 2.33. The maximum Gasteiger partial charge on any atom is 0.329 e. The van der Waals surface area contributed by atoms with Crippen molar-refractivity contribution in [2.45, 2.75) is 63.5 Å². The Morgan fingerprint density at radius 2 is 2.05 bits per heavy atom. The molecule has 2 aliphatic rings. The molecule has 1 saturated heterocycles. The molecule has 3 unspecified atom stereocenters. The van der Waals surface area contributed by atoms with Crippen LogP contribution in [0.25, 0.3) is 0 Å². The summed E-state index contributed by atoms with van der Waals surface area (Å²) in [6.45, 7) is 2.63. The van der Waals surface area contributed by atoms with Crippen LogP contribution in [-0.2, 0) is 14.3 Å². The van der Waals surface area contributed by atoms with E-state index < -0.39 is 17.6 Å². The number of amides is 1. The van der Waals surface area contributed by atoms with Gasteiger partial charge in [-0.25, -0.2) is 4.79 Å². The fourth-order valence-electron chi connectivity index (χ4n) is 3.18. The van der Waals surface area contributed by atoms with Gasteiger partial charge in [0.05, 0.1) is 0 Å². The summed E-state index contributed by atoms with van der Waals surface area (Å²) in [4.78, 5) is 23.8. The minimum absolute atomic E-state index is 0.254. The Morgan fingerprint density at radius 1 is 1.26 bits per heavy atom. The van der Waals surface area contributed by atoms with Crippen LogP contribution in [-0.4, -0.2) is 35.2 Å². The van der Waals surface area contributed by atoms with Crippen LogP contribution in [0.4, 0.5) is 0 Å². The number of hydrogen-bond acceptors (Lipinski definition) is 3. The quantitative estimate of drug-likeness (QED) is 0.817. The average Bonchev–Trinajstić information content (AvgIpc) is 2.39. The lowest BCUT2D eigenvalue weighted by Gasteiger charge is -2.38. The first kappa shape index (κ1) is 14.3. The van der Waals surface area contributed by atoms with Crippen LogP contribution in [0.2, 0.25) is 0 Å². The van der Waals surface area contributed by atoms with Gasteiger partial charge in [0.25, 0.3) is 0 Å². The topological polar surface area (TPSA) is 75.6 Å². The van der Waals surface area contributed by atoms with E-state index in [0.29, 0.717) is 31.8 Å². The molecule has 0 spiro atoms. The third-order valence-electron chi connectivity index (χ3n) is 4.24. The van der Waals surface area contributed by atoms with Crippen molar-refractivity contribution in [2.24, 2.45) is 5.92 Å². The van der Waals surface area contributed by atoms with E-state index in [1.165, 1.54) is 0 Å². The summed E-state index contributed by atoms with van der Waals surface area (Å²) in [7, 11) is 0. The van der Waals surface area contributed by atoms with Crippen molar-refractivity contribution in [3.05, 3.63) is 0 Å². The second-order valence-electron chi connectivity index (χ2n) is 5.93. The third kappa shape index (κ3) is 3.26. The van der Waals surface area contributed by atoms with Crippen LogP contribution in [0.15, 0.2) is 0 Å². The predicted octanol–water partition coefficient (Wildman–Crippen LogP) is 1.71. The van der Waals surface area contributed by atoms with Crippen molar-refractivity contribution in [1.29, 1.82) is 0 Å². The largest absolute Gasteiger partial charge is 0.480 e. The fraction of sp³-hybridized carbons (Fsp3) is 0.857. The molecule has 2 rings (SSSR count). The van der Waals surface area contributed by atoms with Gasteiger partial charge in [-0.05, 0) is 38.0 Å². The molecular weight excluding hydrogens is 246 g/mol. The summed E-state index contributed by atoms with van der Waals surface area (Å²) in [6, 6.07) is 0. The monoisotopic (exact) mass is 269 g/mol. The minimum Gasteiger partial charge on any atom is -0.480 e. The van der Waals surface area contributed by atoms with E-state index in [0.717, 1.165) is 25.7 Å². The van der Waals surface area contributed by atoms with Crippen molar-refractivity contribution in [1.82, 2.24) is 5.32 Å². The molecule has 1 aliphatic heterocycles. The van der Waals surface area contributed by atoms with Gasteiger partial charge in [-0.1, -0.05) is 19.8 Å². The molecule has 3 atom stereocenters. The van der Waals surface area contributed by atoms with E-state index >= 15 is 0 Å². The lowest BCUT2D eigenvalue weighted by Crippen LogP contribution is -2.59. The highest BCUT2D eigenvalue weighted by Gasteiger charge is 2.44. The first-order valence-electron chi connectivity index (χ1n) is 7.20. The molecule has 1 aliphatic carbocycles. The SMILES string of the molecule is CC1CCCC(NC(=O)C2CCCCO2)(C(=O)O)C1. The van der Waals surface area contributed by atoms with Crippen LogP contribution in [0.1, 0.15) is 51.9 Å². The van der Waals surface area contributed by atoms with Gasteiger partial charge in [-0.2, -0.15) is 0 Å². The van der Waals surface area contributed by atoms with Gasteiger partial charge in [-0.15, -0.1) is 0 Å². The highest BCUT2D eigenvalue weighted by atomic mass is 16.5. The van der Waals surface area contributed by atoms with Crippen molar-refractivity contribution in [3.63, 3.8) is 0 Å². The summed E-state index contributed by atoms with van der Waals surface area (Å²) in [6.07, 6.45) is 5.08. The van der Waals surface area contributed by atoms with Gasteiger partial charge >= 0.3 is 5.97 Å². The average molecular weight is 269 g/mol. The molecule has 2 fully saturated rings. The van der Waals surface area contributed by atoms with E-state index in [4.69, 9.17) is 4.74 Å². The van der Waals surface area contributed by atoms with E-state index in [2.05, 4.69) is 5.32 Å². The van der Waals surface area contributed by atoms with Gasteiger partial charge in [0.1, 0.15) is 11.6 Å². The Hall–Kier alpha value is -1.10. The maximum absolute atomic E-state index is 12.2. The molecule has 0 aromatic rings. The molecule has 5 nitrogen and oxygen atoms in total. The summed E-state index contributed by atoms with van der Waals surface area (Å²) < 4.78 is 5.43. The van der Waals surface area contributed by atoms with Gasteiger partial charge in [-0.3, -0.25) is 4.79 Å². The molecule has 2 N–H and O–H groups in total. The molecule has 0 aromatic carbocycles. The molecule has 1 heterocycles. The Morgan fingerprint density at radius 3 is 2.63 bits per heavy atom. The number of rotatable bonds is 3. The molecule has 5 heteroatoms. The predicted molar refractivity (Wildman–Crippen MR) is 69.7 cm³/mol. The standard InChI is InChI=1S/C14H23NO4/c1-10-5-4-7-14(9-10,13(17)18)15-12(16)11-6-2-3-8-19-11/h10-11H,2-9H2,1H3,(H,15,16)(H,17,18). The molecule has 108 valence electrons. The zero-order valence-electron chi connectivity index (χ0n) is 11.5. The molecule has 1 saturated carbocycles. The van der Waals surface area contributed by atoms with Crippen LogP contribution in [0.3, 0.4) is 0 Å². The van der Waals surface area contributed by atoms with Crippen LogP contribution in [0, 0.1) is 5.92 Å². The number of carbonyl (C=O) groups is 2. The number of nitrogens with one attached hydrogen (secondary N) is 1. The van der Waals surface area contributed by atoms with Gasteiger partial charge in [0.2, 0.25) is 5.91 Å². The summed E-state index contributed by atoms with van der Waals surface area (Å²) in [5, 5.41) is 12.3. The molecule has 0 bridgehead atoms. The first-order chi connectivity index (χ1) is 9.03. The minimum atomic E-state index is -1.09. The highest BCUT2D eigenvalue weighted by molar-refractivity contribution is 5.89. The van der Waals surface area contributed by atoms with Crippen molar-refractivity contribution in [3.8, 4) is 0 Å². The number of aliphatic carboxylic acids is 1. The molecule has 1 amide bonds. The van der Waals surface area contributed by atoms with Crippen molar-refractivity contribution < 1.29 is 19.4 Å². The molecule has 0 radical (unpaired) electrons. The van der Waals surface area contributed by atoms with Crippen LogP contribution >= 0.6 is 0 Å². The zero-order chi connectivity index (χ0) is 13.9. The second kappa shape index (κ2) is 5.90. The van der Waals surface area contributed by atoms with Gasteiger partial charge in [0, 0.05) is 6.61 Å². The number of carbonyl (C=O) groups excluding carboxylic acids is 1. The summed E-state index contributed by atoms with van der Waals surface area (Å²) >= 11 is 0. The summed E-state index contributed by atoms with van der Waals surface area (Å²) in [5.74, 6) is -0.836. The first-order valence-corrected chi connectivity index (χ1v) is 7.20. The Balaban J connectivity index is 2.03. The zero-order valence-corrected chi connectivity index (χ0v) is 11.5. The smallest absolute Gasteiger partial charge is 0.329 e. The van der Waals surface area contributed by atoms with Gasteiger partial charge in [0.15, 0.2) is 0 Å². The molecule has 0 aromatic heterocycles. The van der Waals surface area contributed by atoms with Gasteiger partial charge < -0.3 is 15.2 Å². The van der Waals surface area contributed by atoms with E-state index in [-0.39, 0.29) is 5.91 Å². The number of carboxylic acids is 1. The summed E-state index contributed by atoms with van der Waals surface area (Å²) in [5.41, 5.74) is -1.09. The van der Waals surface area contributed by atoms with Crippen molar-refractivity contribution in [2.75, 3.05) is 6.61 Å². The third-order valence-corrected chi connectivity index (χ3v) is 4.24. The fourth-order valence-corrected chi connectivity index (χ4v) is 3.18. The number of ether oxygens (including phenoxy) is 1. The van der Waals surface area contributed by atoms with Crippen LogP contribution < -0.4 is 5.32 Å². The molecular formula is C14H23NO4. The van der Waals surface area contributed by atoms with E-state index in [9.17, 15) is 14.7 Å². The van der Waals surface area contributed by atoms with Crippen molar-refractivity contribution >= 4 is 11.9 Å². The molecule has 19 heavy (non-hydrogen) atoms. The number of carboxylic acid groups (broad SMARTS) is 1. The van der Waals surface area contributed by atoms with E-state index in [1.54, 1.807) is 0 Å². The second-order valence-corrected chi connectivity index (χ2v) is 5.93. The normalized spacial score (nSPS) is 35.6. The van der Waals surface area contributed by atoms with Crippen LogP contribution in [0.5, 0.6) is 0 Å². The lowest BCUT2D eigenvalue weighted by atomic mass is 9.76. The van der Waals surface area contributed by atoms with E-state index in [1.807, 2.05) is 6.92 Å². The Kier molecular flexibility index (Phi) is 4.45. The maximum atomic E-state index is 12.2. The lowest BCUT2D eigenvalue weighted by molar-refractivity contribution is -0.153.